The van der Waals surface area contributed by atoms with Crippen molar-refractivity contribution in [2.24, 2.45) is 0 Å². The molecule has 2 atom stereocenters. The maximum atomic E-state index is 9.80. The highest BCUT2D eigenvalue weighted by molar-refractivity contribution is 5.25. The van der Waals surface area contributed by atoms with Crippen molar-refractivity contribution in [2.45, 2.75) is 25.1 Å². The van der Waals surface area contributed by atoms with E-state index in [0.717, 1.165) is 26.1 Å². The molecule has 0 aliphatic carbocycles. The number of phenols is 1. The normalized spacial score (nSPS) is 24.9. The second-order valence-electron chi connectivity index (χ2n) is 5.40. The van der Waals surface area contributed by atoms with Crippen LogP contribution in [0.15, 0.2) is 24.3 Å². The van der Waals surface area contributed by atoms with Gasteiger partial charge in [-0.25, -0.2) is 0 Å². The van der Waals surface area contributed by atoms with Crippen molar-refractivity contribution < 1.29 is 10.2 Å². The fourth-order valence-corrected chi connectivity index (χ4v) is 2.60. The summed E-state index contributed by atoms with van der Waals surface area (Å²) in [5.74, 6) is 0.296. The Morgan fingerprint density at radius 2 is 1.94 bits per heavy atom. The molecule has 0 bridgehead atoms. The molecule has 1 aromatic rings. The first-order chi connectivity index (χ1) is 8.54. The van der Waals surface area contributed by atoms with Gasteiger partial charge in [0, 0.05) is 25.7 Å². The third-order valence-corrected chi connectivity index (χ3v) is 3.40. The van der Waals surface area contributed by atoms with Crippen LogP contribution in [0.4, 0.5) is 0 Å². The zero-order chi connectivity index (χ0) is 13.1. The maximum absolute atomic E-state index is 9.80. The van der Waals surface area contributed by atoms with E-state index in [1.807, 2.05) is 12.1 Å². The van der Waals surface area contributed by atoms with E-state index < -0.39 is 0 Å². The number of likely N-dealkylation sites (tertiary alicyclic amines) is 1. The first-order valence-corrected chi connectivity index (χ1v) is 6.39. The number of aromatic hydroxyl groups is 1. The Labute approximate surface area is 108 Å². The molecule has 100 valence electrons. The fraction of sp³-hybridized carbons (Fsp3) is 0.571. The highest BCUT2D eigenvalue weighted by Gasteiger charge is 2.30. The average molecular weight is 250 g/mol. The molecular formula is C14H22N2O2. The van der Waals surface area contributed by atoms with Gasteiger partial charge in [0.1, 0.15) is 5.75 Å². The molecule has 2 rings (SSSR count). The molecule has 0 radical (unpaired) electrons. The highest BCUT2D eigenvalue weighted by atomic mass is 16.3. The number of benzene rings is 1. The van der Waals surface area contributed by atoms with Crippen LogP contribution >= 0.6 is 0 Å². The smallest absolute Gasteiger partial charge is 0.115 e. The molecule has 1 heterocycles. The minimum Gasteiger partial charge on any atom is -0.508 e. The predicted molar refractivity (Wildman–Crippen MR) is 71.5 cm³/mol. The number of aliphatic hydroxyl groups excluding tert-OH is 1. The van der Waals surface area contributed by atoms with Crippen LogP contribution in [0.25, 0.3) is 0 Å². The van der Waals surface area contributed by atoms with Gasteiger partial charge in [0.2, 0.25) is 0 Å². The molecule has 4 heteroatoms. The van der Waals surface area contributed by atoms with Gasteiger partial charge in [-0.3, -0.25) is 4.90 Å². The van der Waals surface area contributed by atoms with Crippen LogP contribution in [0, 0.1) is 0 Å². The van der Waals surface area contributed by atoms with Gasteiger partial charge < -0.3 is 15.1 Å². The van der Waals surface area contributed by atoms with E-state index in [-0.39, 0.29) is 6.10 Å². The lowest BCUT2D eigenvalue weighted by molar-refractivity contribution is 0.169. The van der Waals surface area contributed by atoms with Gasteiger partial charge in [0.25, 0.3) is 0 Å². The molecule has 1 aliphatic heterocycles. The lowest BCUT2D eigenvalue weighted by Gasteiger charge is -2.26. The van der Waals surface area contributed by atoms with Crippen molar-refractivity contribution in [3.05, 3.63) is 29.8 Å². The monoisotopic (exact) mass is 250 g/mol. The van der Waals surface area contributed by atoms with Crippen molar-refractivity contribution in [1.29, 1.82) is 0 Å². The summed E-state index contributed by atoms with van der Waals surface area (Å²) in [6.45, 7) is 2.53. The Kier molecular flexibility index (Phi) is 4.22. The zero-order valence-electron chi connectivity index (χ0n) is 11.1. The molecular weight excluding hydrogens is 228 g/mol. The summed E-state index contributed by atoms with van der Waals surface area (Å²) in [6, 6.07) is 7.70. The fourth-order valence-electron chi connectivity index (χ4n) is 2.60. The lowest BCUT2D eigenvalue weighted by atomic mass is 10.1. The second kappa shape index (κ2) is 5.69. The Morgan fingerprint density at radius 3 is 2.56 bits per heavy atom. The van der Waals surface area contributed by atoms with Crippen molar-refractivity contribution in [3.8, 4) is 5.75 Å². The van der Waals surface area contributed by atoms with E-state index in [4.69, 9.17) is 0 Å². The van der Waals surface area contributed by atoms with Gasteiger partial charge in [-0.05, 0) is 38.2 Å². The molecule has 0 spiro atoms. The van der Waals surface area contributed by atoms with E-state index in [2.05, 4.69) is 23.9 Å². The molecule has 2 N–H and O–H groups in total. The molecule has 1 aliphatic rings. The van der Waals surface area contributed by atoms with Crippen LogP contribution in [0.3, 0.4) is 0 Å². The second-order valence-corrected chi connectivity index (χ2v) is 5.40. The predicted octanol–water partition coefficient (Wildman–Crippen LogP) is 0.889. The molecule has 2 unspecified atom stereocenters. The van der Waals surface area contributed by atoms with Crippen LogP contribution in [0.1, 0.15) is 12.0 Å². The number of hydrogen-bond donors (Lipinski definition) is 2. The third-order valence-electron chi connectivity index (χ3n) is 3.40. The first-order valence-electron chi connectivity index (χ1n) is 6.39. The van der Waals surface area contributed by atoms with E-state index in [9.17, 15) is 10.2 Å². The van der Waals surface area contributed by atoms with Crippen molar-refractivity contribution in [1.82, 2.24) is 9.80 Å². The van der Waals surface area contributed by atoms with E-state index >= 15 is 0 Å². The van der Waals surface area contributed by atoms with E-state index in [1.165, 1.54) is 5.56 Å². The van der Waals surface area contributed by atoms with Gasteiger partial charge in [-0.2, -0.15) is 0 Å². The zero-order valence-corrected chi connectivity index (χ0v) is 11.1. The van der Waals surface area contributed by atoms with Gasteiger partial charge >= 0.3 is 0 Å². The average Bonchev–Trinajstić information content (AvgIpc) is 2.61. The Balaban J connectivity index is 2.00. The molecule has 18 heavy (non-hydrogen) atoms. The van der Waals surface area contributed by atoms with Gasteiger partial charge in [-0.1, -0.05) is 12.1 Å². The standard InChI is InChI=1S/C14H22N2O2/c1-15(2)9-12-7-14(18)10-16(12)8-11-3-5-13(17)6-4-11/h3-6,12,14,17-18H,7-10H2,1-2H3. The summed E-state index contributed by atoms with van der Waals surface area (Å²) in [5.41, 5.74) is 1.17. The molecule has 4 nitrogen and oxygen atoms in total. The topological polar surface area (TPSA) is 46.9 Å². The van der Waals surface area contributed by atoms with E-state index in [0.29, 0.717) is 11.8 Å². The molecule has 0 aromatic heterocycles. The van der Waals surface area contributed by atoms with Crippen LogP contribution in [0.2, 0.25) is 0 Å². The minimum atomic E-state index is -0.216. The Bertz CT molecular complexity index is 378. The van der Waals surface area contributed by atoms with Gasteiger partial charge in [0.05, 0.1) is 6.10 Å². The first kappa shape index (κ1) is 13.3. The number of aliphatic hydroxyl groups is 1. The minimum absolute atomic E-state index is 0.216. The summed E-state index contributed by atoms with van der Waals surface area (Å²) in [5, 5.41) is 19.1. The molecule has 0 saturated carbocycles. The van der Waals surface area contributed by atoms with Crippen molar-refractivity contribution in [3.63, 3.8) is 0 Å². The van der Waals surface area contributed by atoms with Crippen LogP contribution in [-0.4, -0.2) is 59.3 Å². The highest BCUT2D eigenvalue weighted by Crippen LogP contribution is 2.21. The number of phenolic OH excluding ortho intramolecular Hbond substituents is 1. The molecule has 1 saturated heterocycles. The quantitative estimate of drug-likeness (QED) is 0.833. The summed E-state index contributed by atoms with van der Waals surface area (Å²) in [6.07, 6.45) is 0.628. The summed E-state index contributed by atoms with van der Waals surface area (Å²) in [4.78, 5) is 4.48. The van der Waals surface area contributed by atoms with E-state index in [1.54, 1.807) is 12.1 Å². The SMILES string of the molecule is CN(C)CC1CC(O)CN1Cc1ccc(O)cc1. The molecule has 1 aromatic carbocycles. The Hall–Kier alpha value is -1.10. The number of rotatable bonds is 4. The van der Waals surface area contributed by atoms with Crippen molar-refractivity contribution >= 4 is 0 Å². The summed E-state index contributed by atoms with van der Waals surface area (Å²) < 4.78 is 0. The van der Waals surface area contributed by atoms with Crippen molar-refractivity contribution in [2.75, 3.05) is 27.2 Å². The summed E-state index contributed by atoms with van der Waals surface area (Å²) >= 11 is 0. The summed E-state index contributed by atoms with van der Waals surface area (Å²) in [7, 11) is 4.12. The molecule has 0 amide bonds. The van der Waals surface area contributed by atoms with Crippen LogP contribution in [0.5, 0.6) is 5.75 Å². The van der Waals surface area contributed by atoms with Gasteiger partial charge in [0.15, 0.2) is 0 Å². The van der Waals surface area contributed by atoms with Crippen LogP contribution in [-0.2, 0) is 6.54 Å². The number of β-amino-alcohol motifs (C(OH)–C–C–N with tert-alkyl or cyclic N) is 1. The Morgan fingerprint density at radius 1 is 1.28 bits per heavy atom. The molecule has 1 fully saturated rings. The van der Waals surface area contributed by atoms with Crippen LogP contribution < -0.4 is 0 Å². The lowest BCUT2D eigenvalue weighted by Crippen LogP contribution is -2.37. The maximum Gasteiger partial charge on any atom is 0.115 e. The third kappa shape index (κ3) is 3.45. The number of nitrogens with zero attached hydrogens (tertiary/aromatic N) is 2. The number of likely N-dealkylation sites (N-methyl/N-ethyl adjacent to an activating group) is 1. The van der Waals surface area contributed by atoms with Gasteiger partial charge in [-0.15, -0.1) is 0 Å². The number of hydrogen-bond acceptors (Lipinski definition) is 4. The largest absolute Gasteiger partial charge is 0.508 e.